The number of carbonyl (C=O) groups is 1. The van der Waals surface area contributed by atoms with E-state index in [4.69, 9.17) is 4.52 Å². The highest BCUT2D eigenvalue weighted by Gasteiger charge is 2.29. The quantitative estimate of drug-likeness (QED) is 0.709. The molecule has 4 rings (SSSR count). The van der Waals surface area contributed by atoms with E-state index < -0.39 is 0 Å². The Morgan fingerprint density at radius 2 is 2.15 bits per heavy atom. The van der Waals surface area contributed by atoms with Gasteiger partial charge in [-0.15, -0.1) is 0 Å². The van der Waals surface area contributed by atoms with E-state index in [2.05, 4.69) is 10.1 Å². The first-order valence-corrected chi connectivity index (χ1v) is 9.30. The Hall–Kier alpha value is -2.96. The highest BCUT2D eigenvalue weighted by atomic mass is 16.5. The van der Waals surface area contributed by atoms with E-state index in [9.17, 15) is 9.59 Å². The van der Waals surface area contributed by atoms with Crippen LogP contribution in [0.2, 0.25) is 0 Å². The first-order chi connectivity index (χ1) is 13.1. The number of para-hydroxylation sites is 1. The highest BCUT2D eigenvalue weighted by molar-refractivity contribution is 5.78. The van der Waals surface area contributed by atoms with Crippen molar-refractivity contribution in [2.75, 3.05) is 6.54 Å². The van der Waals surface area contributed by atoms with Gasteiger partial charge in [-0.2, -0.15) is 0 Å². The maximum absolute atomic E-state index is 12.9. The van der Waals surface area contributed by atoms with Gasteiger partial charge in [-0.1, -0.05) is 17.3 Å². The monoisotopic (exact) mass is 366 g/mol. The average molecular weight is 366 g/mol. The Bertz CT molecular complexity index is 1020. The molecule has 1 saturated heterocycles. The van der Waals surface area contributed by atoms with Gasteiger partial charge in [0.15, 0.2) is 0 Å². The van der Waals surface area contributed by atoms with Gasteiger partial charge in [-0.3, -0.25) is 14.2 Å². The fraction of sp³-hybridized carbons (Fsp3) is 0.400. The number of aromatic nitrogens is 3. The summed E-state index contributed by atoms with van der Waals surface area (Å²) in [7, 11) is 0. The summed E-state index contributed by atoms with van der Waals surface area (Å²) in [5, 5.41) is 4.68. The van der Waals surface area contributed by atoms with Crippen LogP contribution in [0.15, 0.2) is 46.0 Å². The average Bonchev–Trinajstić information content (AvgIpc) is 3.14. The Kier molecular flexibility index (Phi) is 4.75. The maximum atomic E-state index is 12.9. The minimum absolute atomic E-state index is 0.0282. The number of rotatable bonds is 4. The zero-order valence-electron chi connectivity index (χ0n) is 15.3. The molecule has 0 aliphatic carbocycles. The van der Waals surface area contributed by atoms with Crippen LogP contribution in [0.4, 0.5) is 0 Å². The van der Waals surface area contributed by atoms with Crippen LogP contribution >= 0.6 is 0 Å². The SMILES string of the molecule is Cc1cc([C@@H]2CCCCN2C(=O)CCn2cnc3ccccc3c2=O)no1. The molecule has 1 fully saturated rings. The number of hydrogen-bond donors (Lipinski definition) is 0. The number of aryl methyl sites for hydroxylation is 2. The van der Waals surface area contributed by atoms with Gasteiger partial charge in [0.05, 0.1) is 23.3 Å². The van der Waals surface area contributed by atoms with Crippen molar-refractivity contribution >= 4 is 16.8 Å². The van der Waals surface area contributed by atoms with Crippen molar-refractivity contribution in [2.45, 2.75) is 45.2 Å². The molecule has 1 aliphatic heterocycles. The lowest BCUT2D eigenvalue weighted by atomic mass is 9.98. The van der Waals surface area contributed by atoms with Crippen molar-refractivity contribution in [3.63, 3.8) is 0 Å². The van der Waals surface area contributed by atoms with Crippen molar-refractivity contribution < 1.29 is 9.32 Å². The Morgan fingerprint density at radius 1 is 1.30 bits per heavy atom. The van der Waals surface area contributed by atoms with Crippen molar-refractivity contribution in [2.24, 2.45) is 0 Å². The molecule has 27 heavy (non-hydrogen) atoms. The van der Waals surface area contributed by atoms with Gasteiger partial charge < -0.3 is 9.42 Å². The number of benzene rings is 1. The van der Waals surface area contributed by atoms with Gasteiger partial charge in [-0.25, -0.2) is 4.98 Å². The van der Waals surface area contributed by atoms with Crippen molar-refractivity contribution in [1.29, 1.82) is 0 Å². The molecule has 0 saturated carbocycles. The molecule has 0 unspecified atom stereocenters. The minimum atomic E-state index is -0.115. The second-order valence-corrected chi connectivity index (χ2v) is 6.97. The van der Waals surface area contributed by atoms with Crippen LogP contribution in [-0.2, 0) is 11.3 Å². The summed E-state index contributed by atoms with van der Waals surface area (Å²) in [4.78, 5) is 31.6. The van der Waals surface area contributed by atoms with Gasteiger partial charge in [0.25, 0.3) is 5.56 Å². The minimum Gasteiger partial charge on any atom is -0.361 e. The molecule has 1 atom stereocenters. The van der Waals surface area contributed by atoms with Crippen LogP contribution in [0.1, 0.15) is 43.2 Å². The van der Waals surface area contributed by atoms with E-state index in [1.807, 2.05) is 36.1 Å². The fourth-order valence-corrected chi connectivity index (χ4v) is 3.71. The third kappa shape index (κ3) is 3.49. The van der Waals surface area contributed by atoms with E-state index in [1.54, 1.807) is 6.07 Å². The summed E-state index contributed by atoms with van der Waals surface area (Å²) in [5.74, 6) is 0.775. The number of piperidine rings is 1. The molecule has 2 aromatic heterocycles. The summed E-state index contributed by atoms with van der Waals surface area (Å²) >= 11 is 0. The fourth-order valence-electron chi connectivity index (χ4n) is 3.71. The molecule has 0 bridgehead atoms. The van der Waals surface area contributed by atoms with Crippen LogP contribution in [0.5, 0.6) is 0 Å². The largest absolute Gasteiger partial charge is 0.361 e. The van der Waals surface area contributed by atoms with Crippen LogP contribution in [0, 0.1) is 6.92 Å². The standard InChI is InChI=1S/C20H22N4O3/c1-14-12-17(22-27-14)18-8-4-5-10-24(18)19(25)9-11-23-13-21-16-7-3-2-6-15(16)20(23)26/h2-3,6-7,12-13,18H,4-5,8-11H2,1H3/t18-/m0/s1. The molecule has 7 heteroatoms. The molecule has 1 amide bonds. The first kappa shape index (κ1) is 17.5. The van der Waals surface area contributed by atoms with Crippen molar-refractivity contribution in [3.8, 4) is 0 Å². The number of fused-ring (bicyclic) bond motifs is 1. The number of hydrogen-bond acceptors (Lipinski definition) is 5. The summed E-state index contributed by atoms with van der Waals surface area (Å²) in [6.07, 6.45) is 4.71. The number of carbonyl (C=O) groups excluding carboxylic acids is 1. The van der Waals surface area contributed by atoms with E-state index in [1.165, 1.54) is 10.9 Å². The van der Waals surface area contributed by atoms with E-state index in [0.29, 0.717) is 24.0 Å². The Balaban J connectivity index is 1.50. The summed E-state index contributed by atoms with van der Waals surface area (Å²) in [6.45, 7) is 2.88. The first-order valence-electron chi connectivity index (χ1n) is 9.30. The van der Waals surface area contributed by atoms with Crippen molar-refractivity contribution in [1.82, 2.24) is 19.6 Å². The topological polar surface area (TPSA) is 81.2 Å². The lowest BCUT2D eigenvalue weighted by molar-refractivity contribution is -0.135. The molecule has 0 spiro atoms. The third-order valence-corrected chi connectivity index (χ3v) is 5.11. The third-order valence-electron chi connectivity index (χ3n) is 5.11. The predicted molar refractivity (Wildman–Crippen MR) is 100 cm³/mol. The van der Waals surface area contributed by atoms with Gasteiger partial charge in [-0.05, 0) is 38.3 Å². The van der Waals surface area contributed by atoms with Crippen LogP contribution in [0.25, 0.3) is 10.9 Å². The zero-order valence-corrected chi connectivity index (χ0v) is 15.3. The molecular formula is C20H22N4O3. The van der Waals surface area contributed by atoms with Gasteiger partial charge in [0.1, 0.15) is 11.5 Å². The second-order valence-electron chi connectivity index (χ2n) is 6.97. The Labute approximate surface area is 156 Å². The van der Waals surface area contributed by atoms with Crippen LogP contribution in [-0.4, -0.2) is 32.1 Å². The molecule has 3 aromatic rings. The van der Waals surface area contributed by atoms with Gasteiger partial charge in [0, 0.05) is 25.6 Å². The smallest absolute Gasteiger partial charge is 0.261 e. The lowest BCUT2D eigenvalue weighted by Crippen LogP contribution is -2.39. The van der Waals surface area contributed by atoms with E-state index in [-0.39, 0.29) is 23.9 Å². The Morgan fingerprint density at radius 3 is 2.96 bits per heavy atom. The molecule has 140 valence electrons. The molecule has 0 radical (unpaired) electrons. The number of nitrogens with zero attached hydrogens (tertiary/aromatic N) is 4. The van der Waals surface area contributed by atoms with Crippen molar-refractivity contribution in [3.05, 3.63) is 58.5 Å². The van der Waals surface area contributed by atoms with Crippen LogP contribution in [0.3, 0.4) is 0 Å². The zero-order chi connectivity index (χ0) is 18.8. The maximum Gasteiger partial charge on any atom is 0.261 e. The molecular weight excluding hydrogens is 344 g/mol. The molecule has 7 nitrogen and oxygen atoms in total. The summed E-state index contributed by atoms with van der Waals surface area (Å²) < 4.78 is 6.70. The summed E-state index contributed by atoms with van der Waals surface area (Å²) in [5.41, 5.74) is 1.36. The van der Waals surface area contributed by atoms with E-state index >= 15 is 0 Å². The number of likely N-dealkylation sites (tertiary alicyclic amines) is 1. The molecule has 3 heterocycles. The molecule has 1 aromatic carbocycles. The lowest BCUT2D eigenvalue weighted by Gasteiger charge is -2.34. The highest BCUT2D eigenvalue weighted by Crippen LogP contribution is 2.31. The summed E-state index contributed by atoms with van der Waals surface area (Å²) in [6, 6.07) is 9.09. The number of amides is 1. The molecule has 1 aliphatic rings. The van der Waals surface area contributed by atoms with E-state index in [0.717, 1.165) is 30.7 Å². The van der Waals surface area contributed by atoms with Crippen LogP contribution < -0.4 is 5.56 Å². The molecule has 0 N–H and O–H groups in total. The second kappa shape index (κ2) is 7.34. The normalized spacial score (nSPS) is 17.4. The van der Waals surface area contributed by atoms with Gasteiger partial charge >= 0.3 is 0 Å². The predicted octanol–water partition coefficient (Wildman–Crippen LogP) is 2.84. The van der Waals surface area contributed by atoms with Gasteiger partial charge in [0.2, 0.25) is 5.91 Å².